The van der Waals surface area contributed by atoms with Crippen LogP contribution in [0.3, 0.4) is 0 Å². The molecule has 282 valence electrons. The fraction of sp³-hybridized carbons (Fsp3) is 0. The molecule has 0 radical (unpaired) electrons. The van der Waals surface area contributed by atoms with Crippen LogP contribution in [0.2, 0.25) is 0 Å². The van der Waals surface area contributed by atoms with Crippen LogP contribution in [0.25, 0.3) is 132 Å². The van der Waals surface area contributed by atoms with Crippen LogP contribution in [0, 0.1) is 0 Å². The van der Waals surface area contributed by atoms with Crippen molar-refractivity contribution in [2.45, 2.75) is 0 Å². The molecule has 13 aromatic rings. The van der Waals surface area contributed by atoms with Crippen molar-refractivity contribution in [2.24, 2.45) is 0 Å². The van der Waals surface area contributed by atoms with Gasteiger partial charge in [-0.15, -0.1) is 0 Å². The van der Waals surface area contributed by atoms with Gasteiger partial charge in [0.05, 0.1) is 0 Å². The molecule has 0 aliphatic carbocycles. The largest absolute Gasteiger partial charge is 0.456 e. The minimum Gasteiger partial charge on any atom is -0.456 e. The van der Waals surface area contributed by atoms with Gasteiger partial charge in [-0.2, -0.15) is 0 Å². The molecular weight excluding hydrogens is 743 g/mol. The number of para-hydroxylation sites is 1. The Hall–Kier alpha value is -8.21. The van der Waals surface area contributed by atoms with Crippen LogP contribution in [0.15, 0.2) is 205 Å². The molecule has 4 nitrogen and oxygen atoms in total. The molecule has 0 spiro atoms. The number of aromatic nitrogens is 3. The van der Waals surface area contributed by atoms with Crippen LogP contribution in [0.5, 0.6) is 0 Å². The zero-order chi connectivity index (χ0) is 40.0. The van der Waals surface area contributed by atoms with Crippen molar-refractivity contribution < 1.29 is 4.42 Å². The molecule has 0 bridgehead atoms. The molecule has 0 amide bonds. The first-order chi connectivity index (χ1) is 30.2. The van der Waals surface area contributed by atoms with Crippen molar-refractivity contribution in [3.05, 3.63) is 200 Å². The Labute approximate surface area is 350 Å². The summed E-state index contributed by atoms with van der Waals surface area (Å²) in [5, 5.41) is 16.3. The van der Waals surface area contributed by atoms with E-state index in [0.29, 0.717) is 17.5 Å². The van der Waals surface area contributed by atoms with Gasteiger partial charge in [0.1, 0.15) is 11.3 Å². The molecule has 61 heavy (non-hydrogen) atoms. The van der Waals surface area contributed by atoms with E-state index in [0.717, 1.165) is 50.1 Å². The maximum Gasteiger partial charge on any atom is 0.164 e. The van der Waals surface area contributed by atoms with Crippen LogP contribution in [0.1, 0.15) is 0 Å². The Morgan fingerprint density at radius 2 is 0.738 bits per heavy atom. The molecule has 0 aliphatic rings. The second kappa shape index (κ2) is 13.2. The molecule has 13 rings (SSSR count). The summed E-state index contributed by atoms with van der Waals surface area (Å²) in [7, 11) is 0. The van der Waals surface area contributed by atoms with Crippen LogP contribution in [-0.2, 0) is 0 Å². The standard InChI is InChI=1S/C57H33N3O/c1-2-10-38(11-3-1)55-58-56(39-27-22-34(23-28-39)50-33-41-12-4-5-21-49(41)61-50)60-57(59-55)43-17-6-16-40(30-43)44-31-42-29-26-37-14-8-19-46-45-18-7-13-35-24-25-36-15-9-20-47(53(36)51(35)45)48(32-44)54(42)52(37)46/h1-33H. The zero-order valence-electron chi connectivity index (χ0n) is 32.8. The predicted molar refractivity (Wildman–Crippen MR) is 253 cm³/mol. The highest BCUT2D eigenvalue weighted by molar-refractivity contribution is 6.37. The maximum atomic E-state index is 6.17. The van der Waals surface area contributed by atoms with Crippen molar-refractivity contribution in [1.82, 2.24) is 15.0 Å². The monoisotopic (exact) mass is 775 g/mol. The Morgan fingerprint density at radius 3 is 1.39 bits per heavy atom. The summed E-state index contributed by atoms with van der Waals surface area (Å²) in [6, 6.07) is 71.3. The van der Waals surface area contributed by atoms with Gasteiger partial charge < -0.3 is 4.42 Å². The summed E-state index contributed by atoms with van der Waals surface area (Å²) in [6.07, 6.45) is 0. The van der Waals surface area contributed by atoms with E-state index in [1.54, 1.807) is 0 Å². The van der Waals surface area contributed by atoms with Gasteiger partial charge in [0, 0.05) is 27.6 Å². The van der Waals surface area contributed by atoms with E-state index in [2.05, 4.69) is 152 Å². The van der Waals surface area contributed by atoms with Gasteiger partial charge in [-0.3, -0.25) is 0 Å². The average Bonchev–Trinajstić information content (AvgIpc) is 3.77. The molecule has 0 aliphatic heterocycles. The van der Waals surface area contributed by atoms with E-state index in [-0.39, 0.29) is 0 Å². The lowest BCUT2D eigenvalue weighted by Gasteiger charge is -2.17. The topological polar surface area (TPSA) is 51.8 Å². The normalized spacial score (nSPS) is 11.9. The number of fused-ring (bicyclic) bond motifs is 3. The van der Waals surface area contributed by atoms with Gasteiger partial charge in [0.25, 0.3) is 0 Å². The lowest BCUT2D eigenvalue weighted by Crippen LogP contribution is -2.00. The highest BCUT2D eigenvalue weighted by atomic mass is 16.3. The quantitative estimate of drug-likeness (QED) is 0.163. The van der Waals surface area contributed by atoms with E-state index in [1.807, 2.05) is 48.5 Å². The molecule has 0 saturated carbocycles. The van der Waals surface area contributed by atoms with E-state index < -0.39 is 0 Å². The molecule has 0 unspecified atom stereocenters. The Kier molecular flexibility index (Phi) is 7.27. The van der Waals surface area contributed by atoms with E-state index >= 15 is 0 Å². The van der Waals surface area contributed by atoms with Gasteiger partial charge in [-0.05, 0) is 106 Å². The SMILES string of the molecule is c1ccc(-c2nc(-c3ccc(-c4cc5ccccc5o4)cc3)nc(-c3cccc(-c4cc5ccc6cccc7c8cccc9ccc%10cccc(c(c4)c5c67)c%10c98)c3)n2)cc1. The smallest absolute Gasteiger partial charge is 0.164 e. The minimum atomic E-state index is 0.609. The Balaban J connectivity index is 0.997. The first-order valence-electron chi connectivity index (χ1n) is 20.7. The van der Waals surface area contributed by atoms with E-state index in [4.69, 9.17) is 19.4 Å². The van der Waals surface area contributed by atoms with Crippen molar-refractivity contribution in [3.8, 4) is 56.6 Å². The van der Waals surface area contributed by atoms with E-state index in [9.17, 15) is 0 Å². The molecule has 0 saturated heterocycles. The number of nitrogens with zero attached hydrogens (tertiary/aromatic N) is 3. The third-order valence-electron chi connectivity index (χ3n) is 12.4. The van der Waals surface area contributed by atoms with E-state index in [1.165, 1.54) is 64.6 Å². The van der Waals surface area contributed by atoms with Crippen molar-refractivity contribution in [1.29, 1.82) is 0 Å². The number of hydrogen-bond acceptors (Lipinski definition) is 4. The first-order valence-corrected chi connectivity index (χ1v) is 20.7. The highest BCUT2D eigenvalue weighted by Crippen LogP contribution is 2.44. The average molecular weight is 776 g/mol. The molecule has 0 atom stereocenters. The van der Waals surface area contributed by atoms with Gasteiger partial charge in [0.15, 0.2) is 17.5 Å². The molecule has 11 aromatic carbocycles. The lowest BCUT2D eigenvalue weighted by atomic mass is 9.86. The fourth-order valence-electron chi connectivity index (χ4n) is 9.55. The summed E-state index contributed by atoms with van der Waals surface area (Å²) >= 11 is 0. The van der Waals surface area contributed by atoms with Crippen molar-refractivity contribution >= 4 is 75.6 Å². The first kappa shape index (κ1) is 33.7. The zero-order valence-corrected chi connectivity index (χ0v) is 32.8. The lowest BCUT2D eigenvalue weighted by molar-refractivity contribution is 0.631. The van der Waals surface area contributed by atoms with Gasteiger partial charge >= 0.3 is 0 Å². The highest BCUT2D eigenvalue weighted by Gasteiger charge is 2.18. The number of rotatable bonds is 5. The van der Waals surface area contributed by atoms with Crippen LogP contribution >= 0.6 is 0 Å². The third-order valence-corrected chi connectivity index (χ3v) is 12.4. The number of hydrogen-bond donors (Lipinski definition) is 0. The Bertz CT molecular complexity index is 3830. The fourth-order valence-corrected chi connectivity index (χ4v) is 9.55. The van der Waals surface area contributed by atoms with Gasteiger partial charge in [-0.25, -0.2) is 15.0 Å². The summed E-state index contributed by atoms with van der Waals surface area (Å²) < 4.78 is 6.17. The van der Waals surface area contributed by atoms with Crippen molar-refractivity contribution in [2.75, 3.05) is 0 Å². The molecule has 4 heteroatoms. The summed E-state index contributed by atoms with van der Waals surface area (Å²) in [5.74, 6) is 2.68. The predicted octanol–water partition coefficient (Wildman–Crippen LogP) is 15.3. The van der Waals surface area contributed by atoms with Gasteiger partial charge in [-0.1, -0.05) is 170 Å². The van der Waals surface area contributed by atoms with Crippen LogP contribution in [-0.4, -0.2) is 15.0 Å². The third kappa shape index (κ3) is 5.36. The molecule has 2 heterocycles. The minimum absolute atomic E-state index is 0.609. The number of furan rings is 1. The second-order valence-corrected chi connectivity index (χ2v) is 15.9. The molecule has 0 fully saturated rings. The van der Waals surface area contributed by atoms with Gasteiger partial charge in [0.2, 0.25) is 0 Å². The number of benzene rings is 10. The van der Waals surface area contributed by atoms with Crippen molar-refractivity contribution in [3.63, 3.8) is 0 Å². The maximum absolute atomic E-state index is 6.17. The molecule has 0 N–H and O–H groups in total. The summed E-state index contributed by atoms with van der Waals surface area (Å²) in [5.41, 5.74) is 6.84. The summed E-state index contributed by atoms with van der Waals surface area (Å²) in [6.45, 7) is 0. The molecule has 2 aromatic heterocycles. The van der Waals surface area contributed by atoms with Crippen LogP contribution < -0.4 is 0 Å². The summed E-state index contributed by atoms with van der Waals surface area (Å²) in [4.78, 5) is 15.3. The molecular formula is C57H33N3O. The second-order valence-electron chi connectivity index (χ2n) is 15.9. The van der Waals surface area contributed by atoms with Crippen LogP contribution in [0.4, 0.5) is 0 Å². The Morgan fingerprint density at radius 1 is 0.262 bits per heavy atom.